The number of nitro groups is 1. The molecule has 1 unspecified atom stereocenters. The van der Waals surface area contributed by atoms with Crippen LogP contribution in [-0.2, 0) is 14.3 Å². The number of hydrogen-bond acceptors (Lipinski definition) is 10. The summed E-state index contributed by atoms with van der Waals surface area (Å²) in [5.74, 6) is -2.48. The highest BCUT2D eigenvalue weighted by Gasteiger charge is 2.42. The summed E-state index contributed by atoms with van der Waals surface area (Å²) < 4.78 is 4.49. The van der Waals surface area contributed by atoms with Crippen molar-refractivity contribution in [3.63, 3.8) is 0 Å². The van der Waals surface area contributed by atoms with Gasteiger partial charge in [0.2, 0.25) is 6.04 Å². The number of rotatable bonds is 6. The number of nitroso groups, excluding NO2 is 1. The van der Waals surface area contributed by atoms with E-state index in [-0.39, 0.29) is 12.4 Å². The molecule has 0 aromatic heterocycles. The smallest absolute Gasteiger partial charge is 0.411 e. The number of nitrogens with one attached hydrogen (secondary N) is 1. The Balaban J connectivity index is 3.08. The topological polar surface area (TPSA) is 164 Å². The van der Waals surface area contributed by atoms with E-state index in [1.807, 2.05) is 5.43 Å². The first kappa shape index (κ1) is 18.7. The first-order valence-corrected chi connectivity index (χ1v) is 6.48. The molecule has 0 aliphatic carbocycles. The highest BCUT2D eigenvalue weighted by Crippen LogP contribution is 2.13. The maximum atomic E-state index is 11.8. The van der Waals surface area contributed by atoms with E-state index in [2.05, 4.69) is 15.0 Å². The van der Waals surface area contributed by atoms with Gasteiger partial charge >= 0.3 is 17.7 Å². The molecule has 1 rings (SSSR count). The van der Waals surface area contributed by atoms with Gasteiger partial charge in [0, 0.05) is 14.1 Å². The maximum absolute atomic E-state index is 11.8. The Bertz CT molecular complexity index is 643. The molecule has 0 aromatic rings. The first-order chi connectivity index (χ1) is 11.3. The monoisotopic (exact) mass is 342 g/mol. The van der Waals surface area contributed by atoms with Crippen molar-refractivity contribution in [1.29, 1.82) is 0 Å². The fraction of sp³-hybridized carbons (Fsp3) is 0.455. The number of esters is 1. The number of carbonyl (C=O) groups excluding carboxylic acids is 3. The molecule has 1 N–H and O–H groups in total. The zero-order valence-corrected chi connectivity index (χ0v) is 13.0. The first-order valence-electron chi connectivity index (χ1n) is 6.48. The molecule has 130 valence electrons. The third kappa shape index (κ3) is 3.68. The second kappa shape index (κ2) is 7.75. The lowest BCUT2D eigenvalue weighted by atomic mass is 10.2. The number of likely N-dealkylation sites (N-methyl/N-ethyl adjacent to an activating group) is 2. The van der Waals surface area contributed by atoms with Crippen molar-refractivity contribution >= 4 is 23.7 Å². The van der Waals surface area contributed by atoms with Crippen LogP contribution in [-0.4, -0.2) is 65.2 Å². The minimum atomic E-state index is -1.61. The molecule has 1 atom stereocenters. The van der Waals surface area contributed by atoms with E-state index in [9.17, 15) is 29.4 Å². The Morgan fingerprint density at radius 2 is 2.04 bits per heavy atom. The molecule has 0 spiro atoms. The third-order valence-corrected chi connectivity index (χ3v) is 2.89. The van der Waals surface area contributed by atoms with Crippen LogP contribution in [0.25, 0.3) is 0 Å². The van der Waals surface area contributed by atoms with E-state index in [4.69, 9.17) is 0 Å². The maximum Gasteiger partial charge on any atom is 0.411 e. The minimum Gasteiger partial charge on any atom is -0.458 e. The highest BCUT2D eigenvalue weighted by molar-refractivity contribution is 6.20. The van der Waals surface area contributed by atoms with Crippen LogP contribution in [0, 0.1) is 15.0 Å². The molecule has 0 saturated carbocycles. The van der Waals surface area contributed by atoms with Crippen LogP contribution in [0.2, 0.25) is 0 Å². The van der Waals surface area contributed by atoms with Crippen LogP contribution in [0.3, 0.4) is 0 Å². The third-order valence-electron chi connectivity index (χ3n) is 2.89. The Hall–Kier alpha value is -3.38. The van der Waals surface area contributed by atoms with Gasteiger partial charge in [0.15, 0.2) is 5.84 Å². The number of amides is 3. The quantitative estimate of drug-likeness (QED) is 0.216. The lowest BCUT2D eigenvalue weighted by Crippen LogP contribution is -2.59. The number of hydrazone groups is 1. The largest absolute Gasteiger partial charge is 0.458 e. The summed E-state index contributed by atoms with van der Waals surface area (Å²) in [4.78, 5) is 57.1. The van der Waals surface area contributed by atoms with Gasteiger partial charge in [-0.2, -0.15) is 5.10 Å². The molecule has 1 aliphatic heterocycles. The van der Waals surface area contributed by atoms with E-state index in [0.29, 0.717) is 11.1 Å². The van der Waals surface area contributed by atoms with Crippen LogP contribution in [0.15, 0.2) is 22.2 Å². The molecule has 24 heavy (non-hydrogen) atoms. The molecule has 1 heterocycles. The summed E-state index contributed by atoms with van der Waals surface area (Å²) in [7, 11) is 2.39. The van der Waals surface area contributed by atoms with Crippen LogP contribution in [0.5, 0.6) is 0 Å². The summed E-state index contributed by atoms with van der Waals surface area (Å²) in [6, 6.07) is -2.38. The Labute approximate surface area is 135 Å². The fourth-order valence-corrected chi connectivity index (χ4v) is 1.67. The Morgan fingerprint density at radius 3 is 2.54 bits per heavy atom. The highest BCUT2D eigenvalue weighted by atomic mass is 16.6. The number of imide groups is 1. The summed E-state index contributed by atoms with van der Waals surface area (Å²) in [5, 5.41) is 16.9. The number of ether oxygens (including phenoxy) is 1. The molecule has 0 bridgehead atoms. The van der Waals surface area contributed by atoms with Crippen molar-refractivity contribution in [1.82, 2.24) is 15.2 Å². The molecule has 0 aromatic carbocycles. The van der Waals surface area contributed by atoms with Gasteiger partial charge in [-0.1, -0.05) is 0 Å². The molecular formula is C11H14N6O7. The number of hydrogen-bond donors (Lipinski definition) is 1. The summed E-state index contributed by atoms with van der Waals surface area (Å²) in [5.41, 5.74) is 1.09. The molecule has 13 heteroatoms. The standard InChI is InChI=1S/C11H14N6O7/c1-4-24-10(19)6(17(22)23)5-12-13-8-7(14-21)9(18)16(3)11(20)15(8)2/h5,7,12H,4H2,1-3H3/b6-5-,13-8-. The minimum absolute atomic E-state index is 0.0757. The van der Waals surface area contributed by atoms with Crippen molar-refractivity contribution in [2.75, 3.05) is 20.7 Å². The van der Waals surface area contributed by atoms with E-state index >= 15 is 0 Å². The lowest BCUT2D eigenvalue weighted by Gasteiger charge is -2.32. The molecule has 1 fully saturated rings. The van der Waals surface area contributed by atoms with Gasteiger partial charge < -0.3 is 4.74 Å². The van der Waals surface area contributed by atoms with Gasteiger partial charge in [-0.3, -0.25) is 30.1 Å². The van der Waals surface area contributed by atoms with Crippen molar-refractivity contribution in [3.8, 4) is 0 Å². The van der Waals surface area contributed by atoms with E-state index < -0.39 is 34.6 Å². The van der Waals surface area contributed by atoms with Gasteiger partial charge in [0.05, 0.1) is 11.5 Å². The summed E-state index contributed by atoms with van der Waals surface area (Å²) in [6.07, 6.45) is 0.605. The van der Waals surface area contributed by atoms with Crippen LogP contribution in [0.1, 0.15) is 6.92 Å². The van der Waals surface area contributed by atoms with Crippen LogP contribution in [0.4, 0.5) is 4.79 Å². The van der Waals surface area contributed by atoms with Gasteiger partial charge in [0.25, 0.3) is 5.91 Å². The van der Waals surface area contributed by atoms with Crippen molar-refractivity contribution in [3.05, 3.63) is 26.9 Å². The van der Waals surface area contributed by atoms with Gasteiger partial charge in [-0.15, -0.1) is 4.91 Å². The normalized spacial score (nSPS) is 20.2. The van der Waals surface area contributed by atoms with Crippen LogP contribution < -0.4 is 5.43 Å². The number of carbonyl (C=O) groups is 3. The number of amidine groups is 1. The average Bonchev–Trinajstić information content (AvgIpc) is 2.53. The lowest BCUT2D eigenvalue weighted by molar-refractivity contribution is -0.421. The summed E-state index contributed by atoms with van der Waals surface area (Å²) in [6.45, 7) is 1.39. The molecule has 3 amide bonds. The second-order valence-electron chi connectivity index (χ2n) is 4.35. The van der Waals surface area contributed by atoms with E-state index in [1.165, 1.54) is 14.0 Å². The fourth-order valence-electron chi connectivity index (χ4n) is 1.67. The van der Waals surface area contributed by atoms with Gasteiger partial charge in [0.1, 0.15) is 6.20 Å². The molecular weight excluding hydrogens is 328 g/mol. The number of urea groups is 1. The van der Waals surface area contributed by atoms with Gasteiger partial charge in [-0.25, -0.2) is 9.59 Å². The molecule has 1 aliphatic rings. The zero-order valence-electron chi connectivity index (χ0n) is 13.0. The van der Waals surface area contributed by atoms with Crippen molar-refractivity contribution < 1.29 is 24.0 Å². The molecule has 13 nitrogen and oxygen atoms in total. The van der Waals surface area contributed by atoms with Crippen molar-refractivity contribution in [2.24, 2.45) is 10.3 Å². The predicted octanol–water partition coefficient (Wildman–Crippen LogP) is -0.770. The summed E-state index contributed by atoms with van der Waals surface area (Å²) >= 11 is 0. The Morgan fingerprint density at radius 1 is 1.42 bits per heavy atom. The predicted molar refractivity (Wildman–Crippen MR) is 77.8 cm³/mol. The van der Waals surface area contributed by atoms with E-state index in [1.54, 1.807) is 0 Å². The van der Waals surface area contributed by atoms with E-state index in [0.717, 1.165) is 11.9 Å². The number of nitrogens with zero attached hydrogens (tertiary/aromatic N) is 5. The SMILES string of the molecule is CCOC(=O)/C(=C/N/N=C1/C(N=O)C(=O)N(C)C(=O)N1C)[N+](=O)[O-]. The van der Waals surface area contributed by atoms with Gasteiger partial charge in [-0.05, 0) is 12.1 Å². The zero-order chi connectivity index (χ0) is 18.4. The van der Waals surface area contributed by atoms with Crippen molar-refractivity contribution in [2.45, 2.75) is 13.0 Å². The molecule has 0 radical (unpaired) electrons. The average molecular weight is 342 g/mol. The molecule has 1 saturated heterocycles. The Kier molecular flexibility index (Phi) is 6.03. The van der Waals surface area contributed by atoms with Crippen LogP contribution >= 0.6 is 0 Å². The second-order valence-corrected chi connectivity index (χ2v) is 4.35.